The van der Waals surface area contributed by atoms with E-state index < -0.39 is 11.7 Å². The van der Waals surface area contributed by atoms with Gasteiger partial charge in [0.1, 0.15) is 5.60 Å². The van der Waals surface area contributed by atoms with Gasteiger partial charge in [-0.1, -0.05) is 23.2 Å². The predicted octanol–water partition coefficient (Wildman–Crippen LogP) is 3.88. The molecule has 1 aliphatic heterocycles. The number of likely N-dealkylation sites (tertiary alicyclic amines) is 1. The molecule has 0 atom stereocenters. The van der Waals surface area contributed by atoms with Crippen molar-refractivity contribution >= 4 is 41.1 Å². The Hall–Kier alpha value is -1.99. The van der Waals surface area contributed by atoms with E-state index >= 15 is 0 Å². The largest absolute Gasteiger partial charge is 0.444 e. The Balaban J connectivity index is 1.67. The van der Waals surface area contributed by atoms with Crippen molar-refractivity contribution in [2.45, 2.75) is 45.6 Å². The molecule has 166 valence electrons. The number of ether oxygens (including phenoxy) is 1. The molecular formula is C21H29Cl2N3O4. The zero-order chi connectivity index (χ0) is 22.3. The van der Waals surface area contributed by atoms with Gasteiger partial charge in [0.2, 0.25) is 5.91 Å². The van der Waals surface area contributed by atoms with Crippen LogP contribution in [0.15, 0.2) is 18.2 Å². The summed E-state index contributed by atoms with van der Waals surface area (Å²) in [5, 5.41) is 6.32. The molecular weight excluding hydrogens is 429 g/mol. The number of hydrogen-bond acceptors (Lipinski definition) is 4. The average molecular weight is 458 g/mol. The molecule has 0 aromatic heterocycles. The molecule has 1 aliphatic rings. The van der Waals surface area contributed by atoms with Crippen LogP contribution in [0.25, 0.3) is 0 Å². The number of benzene rings is 1. The number of amides is 3. The summed E-state index contributed by atoms with van der Waals surface area (Å²) >= 11 is 12.1. The lowest BCUT2D eigenvalue weighted by atomic mass is 9.96. The Morgan fingerprint density at radius 2 is 1.80 bits per heavy atom. The highest BCUT2D eigenvalue weighted by Crippen LogP contribution is 2.24. The summed E-state index contributed by atoms with van der Waals surface area (Å²) in [6.07, 6.45) is 1.23. The molecule has 0 radical (unpaired) electrons. The van der Waals surface area contributed by atoms with E-state index in [0.29, 0.717) is 41.2 Å². The third kappa shape index (κ3) is 8.03. The number of carbonyl (C=O) groups excluding carboxylic acids is 3. The standard InChI is InChI=1S/C21H29Cl2N3O4/c1-21(2,3)30-20(29)24-9-6-18(27)25-13-14-7-10-26(11-8-14)19(28)16-12-15(22)4-5-17(16)23/h4-5,12,14H,6-11,13H2,1-3H3,(H,24,29)(H,25,27). The van der Waals surface area contributed by atoms with Gasteiger partial charge in [-0.15, -0.1) is 0 Å². The first-order valence-corrected chi connectivity index (χ1v) is 10.8. The molecule has 0 spiro atoms. The second-order valence-corrected chi connectivity index (χ2v) is 9.19. The van der Waals surface area contributed by atoms with E-state index in [9.17, 15) is 14.4 Å². The van der Waals surface area contributed by atoms with Gasteiger partial charge in [-0.3, -0.25) is 9.59 Å². The molecule has 0 saturated carbocycles. The molecule has 1 fully saturated rings. The molecule has 0 aliphatic carbocycles. The molecule has 1 aromatic carbocycles. The lowest BCUT2D eigenvalue weighted by molar-refractivity contribution is -0.121. The molecule has 1 aromatic rings. The van der Waals surface area contributed by atoms with E-state index in [-0.39, 0.29) is 24.8 Å². The van der Waals surface area contributed by atoms with Crippen molar-refractivity contribution in [2.24, 2.45) is 5.92 Å². The third-order valence-electron chi connectivity index (χ3n) is 4.67. The van der Waals surface area contributed by atoms with Crippen LogP contribution in [0.5, 0.6) is 0 Å². The fourth-order valence-corrected chi connectivity index (χ4v) is 3.48. The van der Waals surface area contributed by atoms with Gasteiger partial charge in [-0.05, 0) is 57.7 Å². The fraction of sp³-hybridized carbons (Fsp3) is 0.571. The van der Waals surface area contributed by atoms with E-state index in [0.717, 1.165) is 12.8 Å². The number of hydrogen-bond donors (Lipinski definition) is 2. The predicted molar refractivity (Wildman–Crippen MR) is 117 cm³/mol. The van der Waals surface area contributed by atoms with E-state index in [1.165, 1.54) is 0 Å². The summed E-state index contributed by atoms with van der Waals surface area (Å²) in [7, 11) is 0. The molecule has 2 N–H and O–H groups in total. The second kappa shape index (κ2) is 10.9. The summed E-state index contributed by atoms with van der Waals surface area (Å²) in [6, 6.07) is 4.86. The summed E-state index contributed by atoms with van der Waals surface area (Å²) in [6.45, 7) is 7.30. The van der Waals surface area contributed by atoms with Gasteiger partial charge in [0, 0.05) is 37.6 Å². The highest BCUT2D eigenvalue weighted by Gasteiger charge is 2.25. The summed E-state index contributed by atoms with van der Waals surface area (Å²) in [5.41, 5.74) is -0.158. The van der Waals surface area contributed by atoms with Gasteiger partial charge in [0.25, 0.3) is 5.91 Å². The lowest BCUT2D eigenvalue weighted by Gasteiger charge is -2.32. The first-order valence-electron chi connectivity index (χ1n) is 10.0. The minimum Gasteiger partial charge on any atom is -0.444 e. The van der Waals surface area contributed by atoms with Crippen LogP contribution in [0, 0.1) is 5.92 Å². The molecule has 0 unspecified atom stereocenters. The maximum absolute atomic E-state index is 12.7. The van der Waals surface area contributed by atoms with E-state index in [1.807, 2.05) is 0 Å². The number of nitrogens with zero attached hydrogens (tertiary/aromatic N) is 1. The van der Waals surface area contributed by atoms with E-state index in [2.05, 4.69) is 10.6 Å². The number of carbonyl (C=O) groups is 3. The van der Waals surface area contributed by atoms with Crippen LogP contribution in [0.2, 0.25) is 10.0 Å². The van der Waals surface area contributed by atoms with Crippen LogP contribution >= 0.6 is 23.2 Å². The van der Waals surface area contributed by atoms with Gasteiger partial charge in [0.05, 0.1) is 10.6 Å². The van der Waals surface area contributed by atoms with Crippen LogP contribution in [0.3, 0.4) is 0 Å². The smallest absolute Gasteiger partial charge is 0.407 e. The Kier molecular flexibility index (Phi) is 8.79. The quantitative estimate of drug-likeness (QED) is 0.678. The third-order valence-corrected chi connectivity index (χ3v) is 5.23. The van der Waals surface area contributed by atoms with Crippen molar-refractivity contribution in [2.75, 3.05) is 26.2 Å². The van der Waals surface area contributed by atoms with Crippen LogP contribution in [-0.4, -0.2) is 54.6 Å². The van der Waals surface area contributed by atoms with E-state index in [4.69, 9.17) is 27.9 Å². The topological polar surface area (TPSA) is 87.7 Å². The number of halogens is 2. The highest BCUT2D eigenvalue weighted by atomic mass is 35.5. The Bertz CT molecular complexity index is 772. The van der Waals surface area contributed by atoms with Crippen LogP contribution in [0.1, 0.15) is 50.4 Å². The molecule has 2 rings (SSSR count). The number of rotatable bonds is 6. The van der Waals surface area contributed by atoms with Crippen LogP contribution < -0.4 is 10.6 Å². The molecule has 9 heteroatoms. The summed E-state index contributed by atoms with van der Waals surface area (Å²) in [4.78, 5) is 38.0. The normalized spacial score (nSPS) is 14.9. The zero-order valence-electron chi connectivity index (χ0n) is 17.6. The zero-order valence-corrected chi connectivity index (χ0v) is 19.1. The number of alkyl carbamates (subject to hydrolysis) is 1. The molecule has 3 amide bonds. The first-order chi connectivity index (χ1) is 14.0. The minimum absolute atomic E-state index is 0.127. The van der Waals surface area contributed by atoms with Crippen LogP contribution in [0.4, 0.5) is 4.79 Å². The number of nitrogens with one attached hydrogen (secondary N) is 2. The molecule has 7 nitrogen and oxygen atoms in total. The van der Waals surface area contributed by atoms with Crippen molar-refractivity contribution in [3.05, 3.63) is 33.8 Å². The summed E-state index contributed by atoms with van der Waals surface area (Å²) < 4.78 is 5.12. The first kappa shape index (κ1) is 24.3. The van der Waals surface area contributed by atoms with Gasteiger partial charge >= 0.3 is 6.09 Å². The maximum Gasteiger partial charge on any atom is 0.407 e. The monoisotopic (exact) mass is 457 g/mol. The average Bonchev–Trinajstić information content (AvgIpc) is 2.66. The van der Waals surface area contributed by atoms with Gasteiger partial charge < -0.3 is 20.3 Å². The van der Waals surface area contributed by atoms with Crippen LogP contribution in [-0.2, 0) is 9.53 Å². The maximum atomic E-state index is 12.7. The Labute approximate surface area is 187 Å². The molecule has 1 saturated heterocycles. The van der Waals surface area contributed by atoms with Crippen molar-refractivity contribution < 1.29 is 19.1 Å². The second-order valence-electron chi connectivity index (χ2n) is 8.34. The van der Waals surface area contributed by atoms with Gasteiger partial charge in [-0.2, -0.15) is 0 Å². The van der Waals surface area contributed by atoms with Crippen molar-refractivity contribution in [1.29, 1.82) is 0 Å². The molecule has 1 heterocycles. The lowest BCUT2D eigenvalue weighted by Crippen LogP contribution is -2.42. The van der Waals surface area contributed by atoms with Crippen molar-refractivity contribution in [3.8, 4) is 0 Å². The molecule has 0 bridgehead atoms. The highest BCUT2D eigenvalue weighted by molar-refractivity contribution is 6.35. The van der Waals surface area contributed by atoms with Gasteiger partial charge in [0.15, 0.2) is 0 Å². The fourth-order valence-electron chi connectivity index (χ4n) is 3.11. The molecule has 30 heavy (non-hydrogen) atoms. The summed E-state index contributed by atoms with van der Waals surface area (Å²) in [5.74, 6) is 0.0418. The Morgan fingerprint density at radius 1 is 1.13 bits per heavy atom. The van der Waals surface area contributed by atoms with Crippen molar-refractivity contribution in [1.82, 2.24) is 15.5 Å². The van der Waals surface area contributed by atoms with Crippen molar-refractivity contribution in [3.63, 3.8) is 0 Å². The minimum atomic E-state index is -0.569. The number of piperidine rings is 1. The Morgan fingerprint density at radius 3 is 2.43 bits per heavy atom. The SMILES string of the molecule is CC(C)(C)OC(=O)NCCC(=O)NCC1CCN(C(=O)c2cc(Cl)ccc2Cl)CC1. The van der Waals surface area contributed by atoms with Gasteiger partial charge in [-0.25, -0.2) is 4.79 Å². The van der Waals surface area contributed by atoms with E-state index in [1.54, 1.807) is 43.9 Å².